The van der Waals surface area contributed by atoms with Crippen molar-refractivity contribution in [1.29, 1.82) is 0 Å². The molecular formula is C18H16ClFO. The molecule has 0 heterocycles. The SMILES string of the molecule is O=C(Cc1ccc(F)cc1Cl)c1ccccc1C1CCC1. The Bertz CT molecular complexity index is 677. The molecule has 3 rings (SSSR count). The second-order valence-electron chi connectivity index (χ2n) is 5.55. The van der Waals surface area contributed by atoms with Gasteiger partial charge >= 0.3 is 0 Å². The minimum atomic E-state index is -0.383. The first-order valence-corrected chi connectivity index (χ1v) is 7.59. The van der Waals surface area contributed by atoms with Crippen molar-refractivity contribution in [2.75, 3.05) is 0 Å². The molecule has 0 spiro atoms. The van der Waals surface area contributed by atoms with Crippen molar-refractivity contribution >= 4 is 17.4 Å². The van der Waals surface area contributed by atoms with E-state index in [2.05, 4.69) is 0 Å². The third-order valence-corrected chi connectivity index (χ3v) is 4.52. The molecule has 0 unspecified atom stereocenters. The van der Waals surface area contributed by atoms with Crippen LogP contribution in [0.1, 0.15) is 46.7 Å². The maximum absolute atomic E-state index is 13.1. The smallest absolute Gasteiger partial charge is 0.167 e. The summed E-state index contributed by atoms with van der Waals surface area (Å²) in [6.07, 6.45) is 3.75. The van der Waals surface area contributed by atoms with Crippen LogP contribution < -0.4 is 0 Å². The van der Waals surface area contributed by atoms with Gasteiger partial charge in [0.25, 0.3) is 0 Å². The Labute approximate surface area is 128 Å². The summed E-state index contributed by atoms with van der Waals surface area (Å²) in [5.74, 6) is 0.172. The van der Waals surface area contributed by atoms with Gasteiger partial charge in [-0.05, 0) is 42.0 Å². The number of Topliss-reactive ketones (excluding diaryl/α,β-unsaturated/α-hetero) is 1. The van der Waals surface area contributed by atoms with Crippen LogP contribution in [0.25, 0.3) is 0 Å². The van der Waals surface area contributed by atoms with E-state index in [0.29, 0.717) is 16.5 Å². The summed E-state index contributed by atoms with van der Waals surface area (Å²) in [5.41, 5.74) is 2.60. The molecule has 108 valence electrons. The topological polar surface area (TPSA) is 17.1 Å². The van der Waals surface area contributed by atoms with Crippen molar-refractivity contribution in [1.82, 2.24) is 0 Å². The van der Waals surface area contributed by atoms with Gasteiger partial charge in [-0.15, -0.1) is 0 Å². The van der Waals surface area contributed by atoms with Gasteiger partial charge in [0, 0.05) is 17.0 Å². The number of ketones is 1. The molecule has 0 atom stereocenters. The molecule has 1 saturated carbocycles. The Morgan fingerprint density at radius 3 is 2.62 bits per heavy atom. The first-order chi connectivity index (χ1) is 10.1. The average molecular weight is 303 g/mol. The van der Waals surface area contributed by atoms with Crippen molar-refractivity contribution in [3.05, 3.63) is 70.0 Å². The van der Waals surface area contributed by atoms with E-state index >= 15 is 0 Å². The predicted molar refractivity (Wildman–Crippen MR) is 82.5 cm³/mol. The maximum atomic E-state index is 13.1. The van der Waals surface area contributed by atoms with Crippen LogP contribution in [0.2, 0.25) is 5.02 Å². The van der Waals surface area contributed by atoms with Gasteiger partial charge in [-0.3, -0.25) is 4.79 Å². The van der Waals surface area contributed by atoms with Crippen LogP contribution in [0.4, 0.5) is 4.39 Å². The first kappa shape index (κ1) is 14.3. The normalized spacial score (nSPS) is 14.8. The van der Waals surface area contributed by atoms with Crippen molar-refractivity contribution in [3.8, 4) is 0 Å². The molecule has 0 aromatic heterocycles. The maximum Gasteiger partial charge on any atom is 0.167 e. The van der Waals surface area contributed by atoms with Gasteiger partial charge in [-0.25, -0.2) is 4.39 Å². The molecule has 0 saturated heterocycles. The van der Waals surface area contributed by atoms with Gasteiger partial charge in [-0.2, -0.15) is 0 Å². The predicted octanol–water partition coefficient (Wildman–Crippen LogP) is 5.17. The van der Waals surface area contributed by atoms with E-state index in [4.69, 9.17) is 11.6 Å². The summed E-state index contributed by atoms with van der Waals surface area (Å²) >= 11 is 6.01. The Balaban J connectivity index is 1.85. The lowest BCUT2D eigenvalue weighted by atomic mass is 9.77. The van der Waals surface area contributed by atoms with Crippen LogP contribution in [0.5, 0.6) is 0 Å². The second kappa shape index (κ2) is 5.98. The van der Waals surface area contributed by atoms with Crippen molar-refractivity contribution in [2.24, 2.45) is 0 Å². The standard InChI is InChI=1S/C18H16ClFO/c19-17-11-14(20)9-8-13(17)10-18(21)16-7-2-1-6-15(16)12-4-3-5-12/h1-2,6-9,11-12H,3-5,10H2. The van der Waals surface area contributed by atoms with E-state index in [1.54, 1.807) is 6.07 Å². The van der Waals surface area contributed by atoms with Gasteiger partial charge in [0.05, 0.1) is 0 Å². The number of benzene rings is 2. The number of carbonyl (C=O) groups is 1. The zero-order valence-corrected chi connectivity index (χ0v) is 12.4. The van der Waals surface area contributed by atoms with Crippen LogP contribution in [0, 0.1) is 5.82 Å². The minimum absolute atomic E-state index is 0.0472. The monoisotopic (exact) mass is 302 g/mol. The molecule has 3 heteroatoms. The third-order valence-electron chi connectivity index (χ3n) is 4.17. The quantitative estimate of drug-likeness (QED) is 0.712. The summed E-state index contributed by atoms with van der Waals surface area (Å²) in [4.78, 5) is 12.6. The van der Waals surface area contributed by atoms with E-state index in [0.717, 1.165) is 24.0 Å². The highest BCUT2D eigenvalue weighted by Crippen LogP contribution is 2.38. The van der Waals surface area contributed by atoms with Crippen molar-refractivity contribution in [2.45, 2.75) is 31.6 Å². The lowest BCUT2D eigenvalue weighted by Gasteiger charge is -2.27. The lowest BCUT2D eigenvalue weighted by molar-refractivity contribution is 0.0991. The highest BCUT2D eigenvalue weighted by atomic mass is 35.5. The summed E-state index contributed by atoms with van der Waals surface area (Å²) < 4.78 is 13.1. The van der Waals surface area contributed by atoms with Crippen molar-refractivity contribution in [3.63, 3.8) is 0 Å². The molecule has 21 heavy (non-hydrogen) atoms. The van der Waals surface area contributed by atoms with Gasteiger partial charge in [-0.1, -0.05) is 48.4 Å². The number of carbonyl (C=O) groups excluding carboxylic acids is 1. The van der Waals surface area contributed by atoms with E-state index in [9.17, 15) is 9.18 Å². The summed E-state index contributed by atoms with van der Waals surface area (Å²) in [7, 11) is 0. The summed E-state index contributed by atoms with van der Waals surface area (Å²) in [6, 6.07) is 12.0. The largest absolute Gasteiger partial charge is 0.294 e. The molecule has 1 aliphatic rings. The summed E-state index contributed by atoms with van der Waals surface area (Å²) in [6.45, 7) is 0. The summed E-state index contributed by atoms with van der Waals surface area (Å²) in [5, 5.41) is 0.310. The fraction of sp³-hybridized carbons (Fsp3) is 0.278. The molecule has 0 aliphatic heterocycles. The first-order valence-electron chi connectivity index (χ1n) is 7.21. The van der Waals surface area contributed by atoms with Gasteiger partial charge in [0.2, 0.25) is 0 Å². The number of rotatable bonds is 4. The lowest BCUT2D eigenvalue weighted by Crippen LogP contribution is -2.15. The van der Waals surface area contributed by atoms with E-state index < -0.39 is 0 Å². The highest BCUT2D eigenvalue weighted by Gasteiger charge is 2.24. The second-order valence-corrected chi connectivity index (χ2v) is 5.96. The van der Waals surface area contributed by atoms with Crippen LogP contribution in [0.3, 0.4) is 0 Å². The van der Waals surface area contributed by atoms with Crippen LogP contribution in [-0.4, -0.2) is 5.78 Å². The minimum Gasteiger partial charge on any atom is -0.294 e. The van der Waals surface area contributed by atoms with Gasteiger partial charge < -0.3 is 0 Å². The molecule has 2 aromatic rings. The molecule has 0 N–H and O–H groups in total. The van der Waals surface area contributed by atoms with Crippen LogP contribution in [-0.2, 0) is 6.42 Å². The fourth-order valence-corrected chi connectivity index (χ4v) is 2.99. The molecule has 1 fully saturated rings. The van der Waals surface area contributed by atoms with E-state index in [1.807, 2.05) is 24.3 Å². The van der Waals surface area contributed by atoms with E-state index in [1.165, 1.54) is 18.6 Å². The fourth-order valence-electron chi connectivity index (χ4n) is 2.76. The average Bonchev–Trinajstić information content (AvgIpc) is 2.40. The third kappa shape index (κ3) is 3.01. The van der Waals surface area contributed by atoms with Crippen LogP contribution in [0.15, 0.2) is 42.5 Å². The van der Waals surface area contributed by atoms with Gasteiger partial charge in [0.15, 0.2) is 5.78 Å². The van der Waals surface area contributed by atoms with Crippen molar-refractivity contribution < 1.29 is 9.18 Å². The Kier molecular flexibility index (Phi) is 4.07. The van der Waals surface area contributed by atoms with E-state index in [-0.39, 0.29) is 18.0 Å². The Hall–Kier alpha value is -1.67. The number of halogens is 2. The molecule has 0 bridgehead atoms. The highest BCUT2D eigenvalue weighted by molar-refractivity contribution is 6.31. The zero-order chi connectivity index (χ0) is 14.8. The number of hydrogen-bond donors (Lipinski definition) is 0. The zero-order valence-electron chi connectivity index (χ0n) is 11.6. The molecule has 2 aromatic carbocycles. The number of hydrogen-bond acceptors (Lipinski definition) is 1. The molecule has 1 nitrogen and oxygen atoms in total. The van der Waals surface area contributed by atoms with Gasteiger partial charge in [0.1, 0.15) is 5.82 Å². The molecular weight excluding hydrogens is 287 g/mol. The molecule has 0 radical (unpaired) electrons. The molecule has 1 aliphatic carbocycles. The van der Waals surface area contributed by atoms with Crippen LogP contribution >= 0.6 is 11.6 Å². The Morgan fingerprint density at radius 2 is 1.95 bits per heavy atom. The Morgan fingerprint density at radius 1 is 1.19 bits per heavy atom. The molecule has 0 amide bonds.